The van der Waals surface area contributed by atoms with E-state index < -0.39 is 0 Å². The van der Waals surface area contributed by atoms with Crippen molar-refractivity contribution in [3.8, 4) is 11.1 Å². The Balaban J connectivity index is 0.00000240. The van der Waals surface area contributed by atoms with Gasteiger partial charge in [-0.25, -0.2) is 0 Å². The molecule has 0 saturated carbocycles. The number of aromatic nitrogens is 2. The molecule has 0 aliphatic carbocycles. The topological polar surface area (TPSA) is 21.1 Å². The van der Waals surface area contributed by atoms with Crippen molar-refractivity contribution in [1.29, 1.82) is 0 Å². The highest BCUT2D eigenvalue weighted by Gasteiger charge is 2.12. The van der Waals surface area contributed by atoms with E-state index in [9.17, 15) is 0 Å². The van der Waals surface area contributed by atoms with Gasteiger partial charge < -0.3 is 0 Å². The summed E-state index contributed by atoms with van der Waals surface area (Å²) >= 11 is 5.96. The molecular weight excluding hydrogens is 401 g/mol. The van der Waals surface area contributed by atoms with Gasteiger partial charge in [-0.3, -0.25) is 9.58 Å². The molecule has 3 aromatic rings. The van der Waals surface area contributed by atoms with E-state index in [1.807, 2.05) is 35.1 Å². The molecule has 3 nitrogen and oxygen atoms in total. The van der Waals surface area contributed by atoms with Gasteiger partial charge in [0.05, 0.1) is 6.20 Å². The Hall–Kier alpha value is -2.07. The van der Waals surface area contributed by atoms with E-state index in [0.29, 0.717) is 0 Å². The highest BCUT2D eigenvalue weighted by atomic mass is 35.5. The van der Waals surface area contributed by atoms with Gasteiger partial charge in [0.2, 0.25) is 0 Å². The molecule has 0 N–H and O–H groups in total. The molecule has 2 heterocycles. The van der Waals surface area contributed by atoms with Crippen molar-refractivity contribution in [2.45, 2.75) is 25.8 Å². The number of hydrogen-bond acceptors (Lipinski definition) is 2. The predicted molar refractivity (Wildman–Crippen MR) is 125 cm³/mol. The molecule has 1 aromatic heterocycles. The van der Waals surface area contributed by atoms with Crippen LogP contribution in [0.25, 0.3) is 16.7 Å². The molecule has 0 saturated heterocycles. The molecule has 29 heavy (non-hydrogen) atoms. The number of hydrogen-bond donors (Lipinski definition) is 0. The molecule has 0 fully saturated rings. The highest BCUT2D eigenvalue weighted by Crippen LogP contribution is 2.23. The monoisotopic (exact) mass is 427 g/mol. The van der Waals surface area contributed by atoms with Crippen LogP contribution in [0.2, 0.25) is 5.02 Å². The van der Waals surface area contributed by atoms with E-state index in [1.54, 1.807) is 0 Å². The van der Waals surface area contributed by atoms with Gasteiger partial charge in [0.15, 0.2) is 0 Å². The van der Waals surface area contributed by atoms with Crippen LogP contribution in [0.4, 0.5) is 0 Å². The SMILES string of the molecule is Cl.Clc1ccc(-c2cnn(CCCCN3CC=C(c4ccccc4)CC3)c2)cc1. The van der Waals surface area contributed by atoms with Crippen LogP contribution in [0, 0.1) is 0 Å². The van der Waals surface area contributed by atoms with Crippen LogP contribution in [0.1, 0.15) is 24.8 Å². The zero-order valence-electron chi connectivity index (χ0n) is 16.5. The van der Waals surface area contributed by atoms with E-state index in [-0.39, 0.29) is 12.4 Å². The summed E-state index contributed by atoms with van der Waals surface area (Å²) in [4.78, 5) is 2.55. The van der Waals surface area contributed by atoms with E-state index >= 15 is 0 Å². The lowest BCUT2D eigenvalue weighted by atomic mass is 9.99. The Morgan fingerprint density at radius 2 is 1.62 bits per heavy atom. The van der Waals surface area contributed by atoms with Crippen molar-refractivity contribution >= 4 is 29.6 Å². The molecule has 1 aliphatic heterocycles. The normalized spacial score (nSPS) is 14.3. The fourth-order valence-electron chi connectivity index (χ4n) is 3.72. The first-order valence-electron chi connectivity index (χ1n) is 10.0. The largest absolute Gasteiger partial charge is 0.299 e. The van der Waals surface area contributed by atoms with Crippen LogP contribution in [-0.4, -0.2) is 34.3 Å². The van der Waals surface area contributed by atoms with Crippen LogP contribution < -0.4 is 0 Å². The third-order valence-electron chi connectivity index (χ3n) is 5.36. The lowest BCUT2D eigenvalue weighted by Gasteiger charge is -2.26. The number of halogens is 2. The van der Waals surface area contributed by atoms with Crippen LogP contribution in [0.15, 0.2) is 73.1 Å². The summed E-state index contributed by atoms with van der Waals surface area (Å²) in [5, 5.41) is 5.27. The van der Waals surface area contributed by atoms with E-state index in [0.717, 1.165) is 55.2 Å². The molecule has 0 atom stereocenters. The van der Waals surface area contributed by atoms with Crippen molar-refractivity contribution in [2.24, 2.45) is 0 Å². The van der Waals surface area contributed by atoms with E-state index in [1.165, 1.54) is 17.6 Å². The minimum Gasteiger partial charge on any atom is -0.299 e. The van der Waals surface area contributed by atoms with Crippen molar-refractivity contribution in [1.82, 2.24) is 14.7 Å². The number of unbranched alkanes of at least 4 members (excludes halogenated alkanes) is 1. The first kappa shape index (κ1) is 21.6. The molecule has 0 amide bonds. The molecule has 0 bridgehead atoms. The molecule has 4 rings (SSSR count). The summed E-state index contributed by atoms with van der Waals surface area (Å²) in [7, 11) is 0. The number of aryl methyl sites for hydroxylation is 1. The van der Waals surface area contributed by atoms with Crippen molar-refractivity contribution in [3.05, 3.63) is 83.7 Å². The zero-order chi connectivity index (χ0) is 19.2. The van der Waals surface area contributed by atoms with E-state index in [2.05, 4.69) is 52.6 Å². The quantitative estimate of drug-likeness (QED) is 0.418. The average molecular weight is 428 g/mol. The van der Waals surface area contributed by atoms with Gasteiger partial charge >= 0.3 is 0 Å². The maximum Gasteiger partial charge on any atom is 0.0568 e. The van der Waals surface area contributed by atoms with Crippen LogP contribution in [0.5, 0.6) is 0 Å². The molecule has 5 heteroatoms. The molecular formula is C24H27Cl2N3. The van der Waals surface area contributed by atoms with Crippen LogP contribution >= 0.6 is 24.0 Å². The summed E-state index contributed by atoms with van der Waals surface area (Å²) in [5.74, 6) is 0. The second-order valence-electron chi connectivity index (χ2n) is 7.35. The average Bonchev–Trinajstić information content (AvgIpc) is 3.22. The van der Waals surface area contributed by atoms with Gasteiger partial charge in [-0.05, 0) is 54.6 Å². The Bertz CT molecular complexity index is 917. The smallest absolute Gasteiger partial charge is 0.0568 e. The van der Waals surface area contributed by atoms with Gasteiger partial charge in [0.25, 0.3) is 0 Å². The van der Waals surface area contributed by atoms with Crippen LogP contribution in [0.3, 0.4) is 0 Å². The maximum absolute atomic E-state index is 5.96. The first-order valence-corrected chi connectivity index (χ1v) is 10.4. The Labute approximate surface area is 184 Å². The first-order chi connectivity index (χ1) is 13.8. The fourth-order valence-corrected chi connectivity index (χ4v) is 3.84. The van der Waals surface area contributed by atoms with Crippen molar-refractivity contribution in [2.75, 3.05) is 19.6 Å². The number of rotatable bonds is 7. The third kappa shape index (κ3) is 5.96. The second kappa shape index (κ2) is 10.6. The fraction of sp³-hybridized carbons (Fsp3) is 0.292. The maximum atomic E-state index is 5.96. The summed E-state index contributed by atoms with van der Waals surface area (Å²) in [5.41, 5.74) is 5.16. The van der Waals surface area contributed by atoms with Gasteiger partial charge in [0.1, 0.15) is 0 Å². The summed E-state index contributed by atoms with van der Waals surface area (Å²) in [6.45, 7) is 4.34. The Morgan fingerprint density at radius 1 is 0.862 bits per heavy atom. The lowest BCUT2D eigenvalue weighted by molar-refractivity contribution is 0.291. The van der Waals surface area contributed by atoms with E-state index in [4.69, 9.17) is 11.6 Å². The zero-order valence-corrected chi connectivity index (χ0v) is 18.1. The lowest BCUT2D eigenvalue weighted by Crippen LogP contribution is -2.29. The highest BCUT2D eigenvalue weighted by molar-refractivity contribution is 6.30. The van der Waals surface area contributed by atoms with Gasteiger partial charge in [-0.15, -0.1) is 12.4 Å². The van der Waals surface area contributed by atoms with Gasteiger partial charge in [-0.1, -0.05) is 60.1 Å². The van der Waals surface area contributed by atoms with Gasteiger partial charge in [0, 0.05) is 36.4 Å². The summed E-state index contributed by atoms with van der Waals surface area (Å²) in [6, 6.07) is 18.7. The summed E-state index contributed by atoms with van der Waals surface area (Å²) < 4.78 is 2.05. The van der Waals surface area contributed by atoms with Crippen molar-refractivity contribution in [3.63, 3.8) is 0 Å². The minimum absolute atomic E-state index is 0. The minimum atomic E-state index is 0. The molecule has 152 valence electrons. The molecule has 0 unspecified atom stereocenters. The predicted octanol–water partition coefficient (Wildman–Crippen LogP) is 6.19. The number of benzene rings is 2. The van der Waals surface area contributed by atoms with Crippen molar-refractivity contribution < 1.29 is 0 Å². The molecule has 0 spiro atoms. The third-order valence-corrected chi connectivity index (χ3v) is 5.61. The molecule has 1 aliphatic rings. The second-order valence-corrected chi connectivity index (χ2v) is 7.79. The molecule has 2 aromatic carbocycles. The molecule has 0 radical (unpaired) electrons. The van der Waals surface area contributed by atoms with Crippen LogP contribution in [-0.2, 0) is 6.54 Å². The van der Waals surface area contributed by atoms with Gasteiger partial charge in [-0.2, -0.15) is 5.10 Å². The number of nitrogens with zero attached hydrogens (tertiary/aromatic N) is 3. The Morgan fingerprint density at radius 3 is 2.34 bits per heavy atom. The standard InChI is InChI=1S/C24H26ClN3.ClH/c25-24-10-8-21(9-11-24)23-18-26-28(19-23)15-5-4-14-27-16-12-22(13-17-27)20-6-2-1-3-7-20;/h1-3,6-12,18-19H,4-5,13-17H2;1H. The summed E-state index contributed by atoms with van der Waals surface area (Å²) in [6.07, 6.45) is 9.94. The Kier molecular flexibility index (Phi) is 7.93.